The Morgan fingerprint density at radius 1 is 1.13 bits per heavy atom. The lowest BCUT2D eigenvalue weighted by molar-refractivity contribution is -0.148. The normalized spacial score (nSPS) is 24.3. The van der Waals surface area contributed by atoms with E-state index < -0.39 is 17.5 Å². The monoisotopic (exact) mass is 536 g/mol. The summed E-state index contributed by atoms with van der Waals surface area (Å²) in [6.45, 7) is 11.9. The summed E-state index contributed by atoms with van der Waals surface area (Å²) in [6.07, 6.45) is 3.87. The highest BCUT2D eigenvalue weighted by Crippen LogP contribution is 2.57. The van der Waals surface area contributed by atoms with Gasteiger partial charge in [-0.15, -0.1) is 0 Å². The van der Waals surface area contributed by atoms with Crippen LogP contribution in [0.25, 0.3) is 0 Å². The number of cyclic esters (lactones) is 1. The molecule has 2 aliphatic carbocycles. The Kier molecular flexibility index (Phi) is 7.17. The topological polar surface area (TPSA) is 91.3 Å². The van der Waals surface area contributed by atoms with Crippen LogP contribution in [0.2, 0.25) is 0 Å². The number of ether oxygens (including phenoxy) is 4. The predicted octanol–water partition coefficient (Wildman–Crippen LogP) is 6.89. The molecule has 210 valence electrons. The maximum absolute atomic E-state index is 13.7. The van der Waals surface area contributed by atoms with Crippen molar-refractivity contribution in [3.05, 3.63) is 45.5 Å². The first kappa shape index (κ1) is 27.5. The molecule has 0 aromatic heterocycles. The summed E-state index contributed by atoms with van der Waals surface area (Å²) < 4.78 is 24.1. The molecule has 2 saturated carbocycles. The number of rotatable bonds is 6. The smallest absolute Gasteiger partial charge is 0.346 e. The third-order valence-electron chi connectivity index (χ3n) is 9.39. The van der Waals surface area contributed by atoms with Crippen LogP contribution in [0.3, 0.4) is 0 Å². The van der Waals surface area contributed by atoms with Crippen LogP contribution in [0.4, 0.5) is 0 Å². The summed E-state index contributed by atoms with van der Waals surface area (Å²) >= 11 is 0. The maximum atomic E-state index is 13.7. The molecule has 4 atom stereocenters. The Balaban J connectivity index is 1.60. The molecule has 0 radical (unpaired) electrons. The van der Waals surface area contributed by atoms with Crippen LogP contribution in [0.1, 0.15) is 97.2 Å². The van der Waals surface area contributed by atoms with Gasteiger partial charge >= 0.3 is 11.9 Å². The van der Waals surface area contributed by atoms with E-state index in [9.17, 15) is 14.7 Å². The Morgan fingerprint density at radius 2 is 1.87 bits per heavy atom. The van der Waals surface area contributed by atoms with Crippen LogP contribution in [-0.2, 0) is 16.1 Å². The molecular weight excluding hydrogens is 496 g/mol. The molecule has 0 spiro atoms. The van der Waals surface area contributed by atoms with Crippen LogP contribution in [0.15, 0.2) is 12.1 Å². The van der Waals surface area contributed by atoms with Gasteiger partial charge < -0.3 is 24.1 Å². The summed E-state index contributed by atoms with van der Waals surface area (Å²) in [5, 5.41) is 10.9. The van der Waals surface area contributed by atoms with Crippen molar-refractivity contribution in [3.8, 4) is 23.0 Å². The lowest BCUT2D eigenvalue weighted by Gasteiger charge is -2.32. The molecule has 5 rings (SSSR count). The average Bonchev–Trinajstić information content (AvgIpc) is 3.48. The third-order valence-corrected chi connectivity index (χ3v) is 9.39. The maximum Gasteiger partial charge on any atom is 0.346 e. The fraction of sp³-hybridized carbons (Fsp3) is 0.562. The molecule has 2 aromatic rings. The third kappa shape index (κ3) is 4.58. The number of fused-ring (bicyclic) bond motifs is 4. The van der Waals surface area contributed by atoms with Crippen molar-refractivity contribution in [1.29, 1.82) is 0 Å². The molecule has 2 aromatic carbocycles. The van der Waals surface area contributed by atoms with Crippen molar-refractivity contribution in [2.45, 2.75) is 86.4 Å². The van der Waals surface area contributed by atoms with Gasteiger partial charge in [0.05, 0.1) is 18.6 Å². The van der Waals surface area contributed by atoms with Gasteiger partial charge in [-0.1, -0.05) is 20.3 Å². The van der Waals surface area contributed by atoms with E-state index in [4.69, 9.17) is 18.9 Å². The van der Waals surface area contributed by atoms with Gasteiger partial charge in [-0.25, -0.2) is 4.79 Å². The van der Waals surface area contributed by atoms with Crippen molar-refractivity contribution in [3.63, 3.8) is 0 Å². The van der Waals surface area contributed by atoms with Gasteiger partial charge in [-0.05, 0) is 100.0 Å². The van der Waals surface area contributed by atoms with Crippen molar-refractivity contribution in [2.24, 2.45) is 23.2 Å². The predicted molar refractivity (Wildman–Crippen MR) is 146 cm³/mol. The number of benzene rings is 2. The number of esters is 2. The number of carbonyl (C=O) groups excluding carboxylic acids is 2. The van der Waals surface area contributed by atoms with Crippen molar-refractivity contribution in [1.82, 2.24) is 0 Å². The van der Waals surface area contributed by atoms with E-state index in [-0.39, 0.29) is 35.6 Å². The van der Waals surface area contributed by atoms with Crippen LogP contribution >= 0.6 is 0 Å². The summed E-state index contributed by atoms with van der Waals surface area (Å²) in [4.78, 5) is 27.0. The van der Waals surface area contributed by atoms with E-state index in [0.29, 0.717) is 40.9 Å². The average molecular weight is 537 g/mol. The van der Waals surface area contributed by atoms with Crippen LogP contribution in [0, 0.1) is 43.9 Å². The SMILES string of the molecule is COc1c([C@@H](O)CC(C)C)ccc2c1C(=O)OCc1c(C)c(C)c(C)c(OC(=O)C3(C)CC4CCC3C4)c1O2. The molecule has 3 unspecified atom stereocenters. The number of hydrogen-bond donors (Lipinski definition) is 1. The second-order valence-electron chi connectivity index (χ2n) is 12.3. The second-order valence-corrected chi connectivity index (χ2v) is 12.3. The van der Waals surface area contributed by atoms with Gasteiger partial charge in [0.15, 0.2) is 11.5 Å². The molecule has 0 saturated heterocycles. The molecule has 7 nitrogen and oxygen atoms in total. The number of carbonyl (C=O) groups is 2. The van der Waals surface area contributed by atoms with Crippen LogP contribution in [-0.4, -0.2) is 24.2 Å². The van der Waals surface area contributed by atoms with E-state index in [1.54, 1.807) is 12.1 Å². The van der Waals surface area contributed by atoms with E-state index >= 15 is 0 Å². The largest absolute Gasteiger partial charge is 0.495 e. The minimum atomic E-state index is -0.818. The molecule has 3 aliphatic rings. The van der Waals surface area contributed by atoms with E-state index in [2.05, 4.69) is 0 Å². The summed E-state index contributed by atoms with van der Waals surface area (Å²) in [6, 6.07) is 3.37. The molecule has 1 heterocycles. The number of hydrogen-bond acceptors (Lipinski definition) is 7. The molecule has 2 fully saturated rings. The fourth-order valence-electron chi connectivity index (χ4n) is 6.86. The highest BCUT2D eigenvalue weighted by Gasteiger charge is 2.53. The Bertz CT molecular complexity index is 1330. The van der Waals surface area contributed by atoms with Gasteiger partial charge in [0.1, 0.15) is 23.7 Å². The lowest BCUT2D eigenvalue weighted by atomic mass is 9.75. The van der Waals surface area contributed by atoms with Gasteiger partial charge in [0.25, 0.3) is 0 Å². The second kappa shape index (κ2) is 10.2. The van der Waals surface area contributed by atoms with Gasteiger partial charge in [0, 0.05) is 11.1 Å². The van der Waals surface area contributed by atoms with Crippen LogP contribution in [0.5, 0.6) is 23.0 Å². The van der Waals surface area contributed by atoms with Gasteiger partial charge in [-0.3, -0.25) is 4.79 Å². The van der Waals surface area contributed by atoms with Crippen molar-refractivity contribution in [2.75, 3.05) is 7.11 Å². The molecule has 2 bridgehead atoms. The minimum absolute atomic E-state index is 0.0466. The Labute approximate surface area is 230 Å². The fourth-order valence-corrected chi connectivity index (χ4v) is 6.86. The molecule has 1 aliphatic heterocycles. The number of methoxy groups -OCH3 is 1. The zero-order chi connectivity index (χ0) is 28.2. The molecule has 0 amide bonds. The Morgan fingerprint density at radius 3 is 2.49 bits per heavy atom. The van der Waals surface area contributed by atoms with E-state index in [1.165, 1.54) is 13.5 Å². The quantitative estimate of drug-likeness (QED) is 0.317. The zero-order valence-corrected chi connectivity index (χ0v) is 24.1. The van der Waals surface area contributed by atoms with Gasteiger partial charge in [-0.2, -0.15) is 0 Å². The molecule has 39 heavy (non-hydrogen) atoms. The molecule has 1 N–H and O–H groups in total. The number of aliphatic hydroxyl groups excluding tert-OH is 1. The van der Waals surface area contributed by atoms with Crippen molar-refractivity contribution >= 4 is 11.9 Å². The first-order valence-corrected chi connectivity index (χ1v) is 14.0. The van der Waals surface area contributed by atoms with E-state index in [0.717, 1.165) is 36.0 Å². The Hall–Kier alpha value is -3.06. The van der Waals surface area contributed by atoms with E-state index in [1.807, 2.05) is 41.5 Å². The number of aliphatic hydroxyl groups is 1. The van der Waals surface area contributed by atoms with Crippen LogP contribution < -0.4 is 14.2 Å². The zero-order valence-electron chi connectivity index (χ0n) is 24.1. The van der Waals surface area contributed by atoms with Gasteiger partial charge in [0.2, 0.25) is 0 Å². The summed E-state index contributed by atoms with van der Waals surface area (Å²) in [5.41, 5.74) is 3.45. The standard InChI is InChI=1S/C32H40O7/c1-16(2)12-24(33)22-10-11-25-26(28(22)36-7)30(34)37-15-23-18(4)17(3)19(5)27(29(23)38-25)39-31(35)32(6)14-20-8-9-21(32)13-20/h10-11,16,20-21,24,33H,8-9,12-15H2,1-7H3/t20?,21?,24-,32?/m0/s1. The van der Waals surface area contributed by atoms with Crippen molar-refractivity contribution < 1.29 is 33.6 Å². The first-order chi connectivity index (χ1) is 18.5. The highest BCUT2D eigenvalue weighted by atomic mass is 16.6. The lowest BCUT2D eigenvalue weighted by Crippen LogP contribution is -2.37. The highest BCUT2D eigenvalue weighted by molar-refractivity contribution is 5.97. The summed E-state index contributed by atoms with van der Waals surface area (Å²) in [5.74, 6) is 1.54. The molecular formula is C32H40O7. The minimum Gasteiger partial charge on any atom is -0.495 e. The first-order valence-electron chi connectivity index (χ1n) is 14.0. The summed E-state index contributed by atoms with van der Waals surface area (Å²) in [7, 11) is 1.46. The molecule has 7 heteroatoms.